The normalized spacial score (nSPS) is 44.3. The van der Waals surface area contributed by atoms with E-state index >= 15 is 0 Å². The van der Waals surface area contributed by atoms with E-state index in [2.05, 4.69) is 26.8 Å². The summed E-state index contributed by atoms with van der Waals surface area (Å²) in [5.74, 6) is 2.67. The average molecular weight is 329 g/mol. The summed E-state index contributed by atoms with van der Waals surface area (Å²) in [5.41, 5.74) is 1.53. The Morgan fingerprint density at radius 2 is 2.12 bits per heavy atom. The highest BCUT2D eigenvalue weighted by molar-refractivity contribution is 5.65. The van der Waals surface area contributed by atoms with Gasteiger partial charge in [0.15, 0.2) is 0 Å². The quantitative estimate of drug-likeness (QED) is 0.826. The molecule has 0 aromatic carbocycles. The second-order valence-electron chi connectivity index (χ2n) is 9.25. The molecule has 2 fully saturated rings. The van der Waals surface area contributed by atoms with Gasteiger partial charge in [-0.1, -0.05) is 27.2 Å². The number of carboxylic acids is 1. The maximum atomic E-state index is 11.4. The number of carbonyl (C=O) groups is 1. The molecule has 0 N–H and O–H groups in total. The zero-order valence-corrected chi connectivity index (χ0v) is 15.1. The summed E-state index contributed by atoms with van der Waals surface area (Å²) < 4.78 is 5.81. The Bertz CT molecular complexity index is 647. The first-order valence-electron chi connectivity index (χ1n) is 9.61. The van der Waals surface area contributed by atoms with Crippen molar-refractivity contribution in [3.05, 3.63) is 23.7 Å². The van der Waals surface area contributed by atoms with Crippen molar-refractivity contribution >= 4 is 5.97 Å². The van der Waals surface area contributed by atoms with Gasteiger partial charge < -0.3 is 14.3 Å². The van der Waals surface area contributed by atoms with Gasteiger partial charge in [0.2, 0.25) is 0 Å². The summed E-state index contributed by atoms with van der Waals surface area (Å²) in [6.07, 6.45) is 8.87. The molecule has 0 bridgehead atoms. The SMILES string of the molecule is C[C@H]1c2ccoc2C[C@@H]2[C@H]1CC[C@@H]1[C@@](C)(CC(=O)[O-])CCC[C@]21C. The average Bonchev–Trinajstić information content (AvgIpc) is 2.96. The van der Waals surface area contributed by atoms with E-state index in [1.807, 2.05) is 6.26 Å². The molecule has 1 aromatic rings. The molecular weight excluding hydrogens is 300 g/mol. The minimum atomic E-state index is -0.880. The Morgan fingerprint density at radius 3 is 2.88 bits per heavy atom. The fourth-order valence-corrected chi connectivity index (χ4v) is 7.07. The topological polar surface area (TPSA) is 53.3 Å². The van der Waals surface area contributed by atoms with Crippen LogP contribution in [-0.2, 0) is 11.2 Å². The van der Waals surface area contributed by atoms with Gasteiger partial charge in [0, 0.05) is 12.4 Å². The number of hydrogen-bond acceptors (Lipinski definition) is 3. The highest BCUT2D eigenvalue weighted by Gasteiger charge is 2.57. The zero-order valence-electron chi connectivity index (χ0n) is 15.1. The minimum absolute atomic E-state index is 0.108. The molecule has 6 atom stereocenters. The van der Waals surface area contributed by atoms with Crippen molar-refractivity contribution in [1.82, 2.24) is 0 Å². The predicted molar refractivity (Wildman–Crippen MR) is 90.2 cm³/mol. The fraction of sp³-hybridized carbons (Fsp3) is 0.762. The molecule has 0 amide bonds. The van der Waals surface area contributed by atoms with Crippen LogP contribution in [0, 0.1) is 28.6 Å². The molecule has 3 nitrogen and oxygen atoms in total. The third-order valence-corrected chi connectivity index (χ3v) is 8.12. The van der Waals surface area contributed by atoms with Gasteiger partial charge in [-0.05, 0) is 78.2 Å². The summed E-state index contributed by atoms with van der Waals surface area (Å²) in [7, 11) is 0. The molecular formula is C21H29O3-. The van der Waals surface area contributed by atoms with Gasteiger partial charge in [0.1, 0.15) is 5.76 Å². The first-order chi connectivity index (χ1) is 11.3. The van der Waals surface area contributed by atoms with Crippen LogP contribution in [0.3, 0.4) is 0 Å². The molecule has 0 unspecified atom stereocenters. The largest absolute Gasteiger partial charge is 0.550 e. The Hall–Kier alpha value is -1.25. The van der Waals surface area contributed by atoms with Crippen LogP contribution >= 0.6 is 0 Å². The number of aliphatic carboxylic acids is 1. The first kappa shape index (κ1) is 16.2. The van der Waals surface area contributed by atoms with Crippen LogP contribution in [0.2, 0.25) is 0 Å². The molecule has 0 aliphatic heterocycles. The fourth-order valence-electron chi connectivity index (χ4n) is 7.07. The number of fused-ring (bicyclic) bond motifs is 4. The third-order valence-electron chi connectivity index (χ3n) is 8.12. The highest BCUT2D eigenvalue weighted by atomic mass is 16.4. The number of furan rings is 1. The molecule has 1 heterocycles. The maximum Gasteiger partial charge on any atom is 0.107 e. The lowest BCUT2D eigenvalue weighted by molar-refractivity contribution is -0.310. The summed E-state index contributed by atoms with van der Waals surface area (Å²) in [5, 5.41) is 11.4. The van der Waals surface area contributed by atoms with Crippen LogP contribution in [0.5, 0.6) is 0 Å². The molecule has 24 heavy (non-hydrogen) atoms. The molecule has 132 valence electrons. The van der Waals surface area contributed by atoms with Crippen LogP contribution in [0.25, 0.3) is 0 Å². The van der Waals surface area contributed by atoms with E-state index in [1.54, 1.807) is 0 Å². The van der Waals surface area contributed by atoms with Crippen LogP contribution in [0.1, 0.15) is 76.5 Å². The number of carbonyl (C=O) groups excluding carboxylic acids is 1. The van der Waals surface area contributed by atoms with Crippen molar-refractivity contribution in [3.8, 4) is 0 Å². The first-order valence-corrected chi connectivity index (χ1v) is 9.61. The van der Waals surface area contributed by atoms with Crippen molar-refractivity contribution in [2.45, 2.75) is 71.6 Å². The number of carboxylic acid groups (broad SMARTS) is 1. The summed E-state index contributed by atoms with van der Waals surface area (Å²) in [4.78, 5) is 11.4. The smallest absolute Gasteiger partial charge is 0.107 e. The van der Waals surface area contributed by atoms with Gasteiger partial charge in [-0.25, -0.2) is 0 Å². The van der Waals surface area contributed by atoms with Crippen molar-refractivity contribution in [3.63, 3.8) is 0 Å². The van der Waals surface area contributed by atoms with Gasteiger partial charge in [0.05, 0.1) is 6.26 Å². The van der Waals surface area contributed by atoms with Crippen molar-refractivity contribution < 1.29 is 14.3 Å². The second kappa shape index (κ2) is 5.37. The molecule has 1 aromatic heterocycles. The molecule has 3 aliphatic rings. The van der Waals surface area contributed by atoms with Crippen LogP contribution in [0.4, 0.5) is 0 Å². The molecule has 0 saturated heterocycles. The Morgan fingerprint density at radius 1 is 1.33 bits per heavy atom. The van der Waals surface area contributed by atoms with E-state index in [0.29, 0.717) is 23.7 Å². The van der Waals surface area contributed by atoms with Gasteiger partial charge in [-0.2, -0.15) is 0 Å². The van der Waals surface area contributed by atoms with E-state index in [1.165, 1.54) is 30.6 Å². The lowest BCUT2D eigenvalue weighted by atomic mass is 9.43. The minimum Gasteiger partial charge on any atom is -0.550 e. The van der Waals surface area contributed by atoms with Crippen molar-refractivity contribution in [2.24, 2.45) is 28.6 Å². The molecule has 4 rings (SSSR count). The van der Waals surface area contributed by atoms with E-state index in [9.17, 15) is 9.90 Å². The number of rotatable bonds is 2. The van der Waals surface area contributed by atoms with E-state index in [4.69, 9.17) is 4.42 Å². The lowest BCUT2D eigenvalue weighted by Crippen LogP contribution is -2.55. The molecule has 3 aliphatic carbocycles. The Kier molecular flexibility index (Phi) is 3.63. The molecule has 2 saturated carbocycles. The summed E-state index contributed by atoms with van der Waals surface area (Å²) >= 11 is 0. The maximum absolute atomic E-state index is 11.4. The molecule has 3 heteroatoms. The third kappa shape index (κ3) is 2.19. The zero-order chi connectivity index (χ0) is 17.1. The highest BCUT2D eigenvalue weighted by Crippen LogP contribution is 2.65. The predicted octanol–water partition coefficient (Wildman–Crippen LogP) is 3.92. The lowest BCUT2D eigenvalue weighted by Gasteiger charge is -2.62. The number of hydrogen-bond donors (Lipinski definition) is 0. The summed E-state index contributed by atoms with van der Waals surface area (Å²) in [6, 6.07) is 2.16. The molecule has 0 spiro atoms. The molecule has 0 radical (unpaired) electrons. The van der Waals surface area contributed by atoms with Gasteiger partial charge in [-0.3, -0.25) is 0 Å². The Labute approximate surface area is 144 Å². The van der Waals surface area contributed by atoms with E-state index in [-0.39, 0.29) is 17.3 Å². The Balaban J connectivity index is 1.71. The van der Waals surface area contributed by atoms with Crippen LogP contribution in [-0.4, -0.2) is 5.97 Å². The van der Waals surface area contributed by atoms with Crippen LogP contribution < -0.4 is 5.11 Å². The summed E-state index contributed by atoms with van der Waals surface area (Å²) in [6.45, 7) is 7.01. The van der Waals surface area contributed by atoms with Gasteiger partial charge >= 0.3 is 0 Å². The van der Waals surface area contributed by atoms with E-state index < -0.39 is 5.97 Å². The monoisotopic (exact) mass is 329 g/mol. The van der Waals surface area contributed by atoms with E-state index in [0.717, 1.165) is 19.3 Å². The standard InChI is InChI=1S/C21H30O3/c1-13-14-5-6-18-20(2,12-19(22)23)8-4-9-21(18,3)16(14)11-17-15(13)7-10-24-17/h7,10,13-14,16,18H,4-6,8-9,11-12H2,1-3H3,(H,22,23)/p-1/t13-,14+,16-,18-,20-,21-/m1/s1. The van der Waals surface area contributed by atoms with Crippen molar-refractivity contribution in [2.75, 3.05) is 0 Å². The van der Waals surface area contributed by atoms with Crippen molar-refractivity contribution in [1.29, 1.82) is 0 Å². The van der Waals surface area contributed by atoms with Gasteiger partial charge in [0.25, 0.3) is 0 Å². The second-order valence-corrected chi connectivity index (χ2v) is 9.25. The van der Waals surface area contributed by atoms with Gasteiger partial charge in [-0.15, -0.1) is 0 Å². The van der Waals surface area contributed by atoms with Crippen LogP contribution in [0.15, 0.2) is 16.7 Å².